The van der Waals surface area contributed by atoms with Gasteiger partial charge in [-0.25, -0.2) is 0 Å². The Kier molecular flexibility index (Phi) is 4.16. The monoisotopic (exact) mass is 223 g/mol. The summed E-state index contributed by atoms with van der Waals surface area (Å²) in [5.74, 6) is 0.484. The lowest BCUT2D eigenvalue weighted by Crippen LogP contribution is -2.11. The van der Waals surface area contributed by atoms with Crippen LogP contribution in [0.3, 0.4) is 0 Å². The Morgan fingerprint density at radius 2 is 2.13 bits per heavy atom. The Bertz CT molecular complexity index is 296. The maximum atomic E-state index is 11.7. The van der Waals surface area contributed by atoms with Crippen molar-refractivity contribution in [3.05, 3.63) is 23.7 Å². The second-order valence-electron chi connectivity index (χ2n) is 3.04. The van der Waals surface area contributed by atoms with Gasteiger partial charge in [0.05, 0.1) is 19.3 Å². The highest BCUT2D eigenvalue weighted by Gasteiger charge is 2.26. The molecule has 0 aliphatic rings. The predicted molar refractivity (Wildman–Crippen MR) is 46.9 cm³/mol. The molecule has 0 spiro atoms. The molecular weight excluding hydrogens is 211 g/mol. The topological polar surface area (TPSA) is 48.4 Å². The Labute approximate surface area is 85.0 Å². The van der Waals surface area contributed by atoms with Gasteiger partial charge in [-0.05, 0) is 6.07 Å². The van der Waals surface area contributed by atoms with Crippen LogP contribution in [0.25, 0.3) is 0 Å². The fraction of sp³-hybridized carbons (Fsp3) is 0.556. The van der Waals surface area contributed by atoms with Crippen LogP contribution >= 0.6 is 0 Å². The zero-order valence-electron chi connectivity index (χ0n) is 8.01. The van der Waals surface area contributed by atoms with E-state index in [1.165, 1.54) is 6.26 Å². The Hall–Kier alpha value is -1.01. The lowest BCUT2D eigenvalue weighted by atomic mass is 10.3. The summed E-state index contributed by atoms with van der Waals surface area (Å²) in [6.07, 6.45) is -3.66. The number of ether oxygens (including phenoxy) is 1. The normalized spacial score (nSPS) is 12.0. The van der Waals surface area contributed by atoms with Gasteiger partial charge < -0.3 is 14.9 Å². The highest BCUT2D eigenvalue weighted by atomic mass is 19.4. The Morgan fingerprint density at radius 3 is 2.67 bits per heavy atom. The van der Waals surface area contributed by atoms with E-state index in [4.69, 9.17) is 14.9 Å². The fourth-order valence-corrected chi connectivity index (χ4v) is 0.970. The van der Waals surface area contributed by atoms with Crippen molar-refractivity contribution in [1.82, 2.24) is 0 Å². The molecule has 0 fully saturated rings. The van der Waals surface area contributed by atoms with Crippen LogP contribution in [-0.2, 0) is 17.9 Å². The van der Waals surface area contributed by atoms with Gasteiger partial charge >= 0.3 is 6.18 Å². The summed E-state index contributed by atoms with van der Waals surface area (Å²) >= 11 is 0. The maximum Gasteiger partial charge on any atom is 0.391 e. The van der Waals surface area contributed by atoms with Crippen LogP contribution in [0.1, 0.15) is 17.7 Å². The molecule has 3 nitrogen and oxygen atoms in total. The minimum absolute atomic E-state index is 0.0378. The number of hydrogen-bond acceptors (Lipinski definition) is 3. The van der Waals surface area contributed by atoms with Crippen molar-refractivity contribution in [2.75, 3.05) is 6.61 Å². The third-order valence-corrected chi connectivity index (χ3v) is 1.72. The molecule has 0 saturated carbocycles. The van der Waals surface area contributed by atoms with Gasteiger partial charge in [-0.3, -0.25) is 0 Å². The molecule has 0 unspecified atom stereocenters. The van der Waals surface area contributed by atoms with Crippen molar-refractivity contribution in [2.24, 2.45) is 5.73 Å². The first-order chi connectivity index (χ1) is 7.01. The molecule has 6 heteroatoms. The molecule has 0 saturated heterocycles. The molecular formula is C9H12F3NO2. The molecule has 0 aromatic carbocycles. The maximum absolute atomic E-state index is 11.7. The van der Waals surface area contributed by atoms with Crippen LogP contribution in [-0.4, -0.2) is 12.8 Å². The molecule has 86 valence electrons. The van der Waals surface area contributed by atoms with Gasteiger partial charge in [0.1, 0.15) is 12.4 Å². The van der Waals surface area contributed by atoms with E-state index in [9.17, 15) is 13.2 Å². The molecule has 15 heavy (non-hydrogen) atoms. The largest absolute Gasteiger partial charge is 0.467 e. The van der Waals surface area contributed by atoms with Crippen LogP contribution in [0.2, 0.25) is 0 Å². The van der Waals surface area contributed by atoms with Crippen molar-refractivity contribution in [3.8, 4) is 0 Å². The number of nitrogens with two attached hydrogens (primary N) is 1. The second kappa shape index (κ2) is 5.18. The van der Waals surface area contributed by atoms with E-state index in [2.05, 4.69) is 0 Å². The molecule has 1 aromatic heterocycles. The minimum Gasteiger partial charge on any atom is -0.467 e. The Balaban J connectivity index is 2.20. The molecule has 0 radical (unpaired) electrons. The van der Waals surface area contributed by atoms with Crippen molar-refractivity contribution in [2.45, 2.75) is 25.7 Å². The van der Waals surface area contributed by atoms with Crippen molar-refractivity contribution < 1.29 is 22.3 Å². The van der Waals surface area contributed by atoms with Crippen LogP contribution < -0.4 is 5.73 Å². The summed E-state index contributed by atoms with van der Waals surface area (Å²) in [6.45, 7) is 0.0181. The van der Waals surface area contributed by atoms with E-state index in [1.807, 2.05) is 0 Å². The van der Waals surface area contributed by atoms with Crippen LogP contribution in [0, 0.1) is 0 Å². The van der Waals surface area contributed by atoms with E-state index in [-0.39, 0.29) is 13.2 Å². The van der Waals surface area contributed by atoms with Gasteiger partial charge in [-0.2, -0.15) is 13.2 Å². The molecule has 0 bridgehead atoms. The van der Waals surface area contributed by atoms with E-state index in [0.717, 1.165) is 5.56 Å². The van der Waals surface area contributed by atoms with Gasteiger partial charge in [0, 0.05) is 12.1 Å². The van der Waals surface area contributed by atoms with Crippen molar-refractivity contribution >= 4 is 0 Å². The van der Waals surface area contributed by atoms with Gasteiger partial charge in [0.25, 0.3) is 0 Å². The van der Waals surface area contributed by atoms with Crippen LogP contribution in [0.15, 0.2) is 16.7 Å². The smallest absolute Gasteiger partial charge is 0.391 e. The molecule has 0 aliphatic heterocycles. The number of halogens is 3. The van der Waals surface area contributed by atoms with Crippen molar-refractivity contribution in [3.63, 3.8) is 0 Å². The van der Waals surface area contributed by atoms with Gasteiger partial charge in [-0.1, -0.05) is 0 Å². The zero-order valence-corrected chi connectivity index (χ0v) is 8.01. The van der Waals surface area contributed by atoms with E-state index < -0.39 is 12.6 Å². The summed E-state index contributed by atoms with van der Waals surface area (Å²) in [7, 11) is 0. The molecule has 0 aliphatic carbocycles. The van der Waals surface area contributed by atoms with Gasteiger partial charge in [0.15, 0.2) is 0 Å². The molecule has 1 aromatic rings. The summed E-state index contributed by atoms with van der Waals surface area (Å²) in [5.41, 5.74) is 6.12. The van der Waals surface area contributed by atoms with Crippen LogP contribution in [0.5, 0.6) is 0 Å². The van der Waals surface area contributed by atoms with E-state index in [0.29, 0.717) is 12.3 Å². The summed E-state index contributed by atoms with van der Waals surface area (Å²) < 4.78 is 45.0. The highest BCUT2D eigenvalue weighted by Crippen LogP contribution is 2.19. The van der Waals surface area contributed by atoms with Crippen molar-refractivity contribution in [1.29, 1.82) is 0 Å². The molecule has 0 atom stereocenters. The number of furan rings is 1. The summed E-state index contributed by atoms with van der Waals surface area (Å²) in [4.78, 5) is 0. The number of alkyl halides is 3. The first-order valence-corrected chi connectivity index (χ1v) is 4.42. The molecule has 1 heterocycles. The second-order valence-corrected chi connectivity index (χ2v) is 3.04. The summed E-state index contributed by atoms with van der Waals surface area (Å²) in [6, 6.07) is 1.66. The number of rotatable bonds is 5. The van der Waals surface area contributed by atoms with E-state index in [1.54, 1.807) is 6.07 Å². The average molecular weight is 223 g/mol. The zero-order chi connectivity index (χ0) is 11.3. The molecule has 2 N–H and O–H groups in total. The molecule has 1 rings (SSSR count). The third kappa shape index (κ3) is 4.85. The predicted octanol–water partition coefficient (Wildman–Crippen LogP) is 2.21. The SMILES string of the molecule is NCc1coc(COCCC(F)(F)F)c1. The quantitative estimate of drug-likeness (QED) is 0.778. The highest BCUT2D eigenvalue weighted by molar-refractivity contribution is 5.11. The standard InChI is InChI=1S/C9H12F3NO2/c10-9(11,12)1-2-14-6-8-3-7(4-13)5-15-8/h3,5H,1-2,4,6,13H2. The first-order valence-electron chi connectivity index (χ1n) is 4.42. The van der Waals surface area contributed by atoms with Crippen LogP contribution in [0.4, 0.5) is 13.2 Å². The van der Waals surface area contributed by atoms with E-state index >= 15 is 0 Å². The minimum atomic E-state index is -4.18. The fourth-order valence-electron chi connectivity index (χ4n) is 0.970. The third-order valence-electron chi connectivity index (χ3n) is 1.72. The lowest BCUT2D eigenvalue weighted by Gasteiger charge is -2.05. The molecule has 0 amide bonds. The Morgan fingerprint density at radius 1 is 1.40 bits per heavy atom. The van der Waals surface area contributed by atoms with Gasteiger partial charge in [-0.15, -0.1) is 0 Å². The average Bonchev–Trinajstić information content (AvgIpc) is 2.59. The van der Waals surface area contributed by atoms with Gasteiger partial charge in [0.2, 0.25) is 0 Å². The lowest BCUT2D eigenvalue weighted by molar-refractivity contribution is -0.146. The number of hydrogen-bond donors (Lipinski definition) is 1. The first kappa shape index (κ1) is 12.1. The summed E-state index contributed by atoms with van der Waals surface area (Å²) in [5, 5.41) is 0.